The number of aryl methyl sites for hydroxylation is 1. The first-order chi connectivity index (χ1) is 12.8. The minimum absolute atomic E-state index is 0.00603. The molecular weight excluding hydrogens is 366 g/mol. The number of hydrogen-bond donors (Lipinski definition) is 1. The van der Waals surface area contributed by atoms with Crippen LogP contribution in [0.2, 0.25) is 0 Å². The maximum atomic E-state index is 12.9. The maximum absolute atomic E-state index is 12.9. The van der Waals surface area contributed by atoms with Gasteiger partial charge in [0.1, 0.15) is 5.82 Å². The van der Waals surface area contributed by atoms with E-state index >= 15 is 0 Å². The van der Waals surface area contributed by atoms with E-state index in [2.05, 4.69) is 15.5 Å². The molecule has 3 rings (SSSR count). The van der Waals surface area contributed by atoms with Gasteiger partial charge >= 0.3 is 6.18 Å². The highest BCUT2D eigenvalue weighted by molar-refractivity contribution is 5.90. The molecule has 0 spiro atoms. The van der Waals surface area contributed by atoms with Gasteiger partial charge in [0.15, 0.2) is 0 Å². The lowest BCUT2D eigenvalue weighted by molar-refractivity contribution is -0.137. The molecule has 0 fully saturated rings. The molecule has 0 aliphatic rings. The first-order valence-electron chi connectivity index (χ1n) is 7.87. The molecule has 2 aromatic carbocycles. The lowest BCUT2D eigenvalue weighted by Gasteiger charge is -2.08. The molecular formula is C18H13F4N3O2. The summed E-state index contributed by atoms with van der Waals surface area (Å²) in [4.78, 5) is 16.0. The first-order valence-corrected chi connectivity index (χ1v) is 7.87. The van der Waals surface area contributed by atoms with Crippen LogP contribution in [0, 0.1) is 5.82 Å². The Labute approximate surface area is 151 Å². The summed E-state index contributed by atoms with van der Waals surface area (Å²) in [5, 5.41) is 6.26. The molecule has 0 radical (unpaired) electrons. The Hall–Kier alpha value is -3.23. The molecule has 0 atom stereocenters. The predicted molar refractivity (Wildman–Crippen MR) is 88.1 cm³/mol. The number of rotatable bonds is 5. The van der Waals surface area contributed by atoms with Crippen LogP contribution in [0.5, 0.6) is 0 Å². The van der Waals surface area contributed by atoms with Gasteiger partial charge in [-0.25, -0.2) is 4.39 Å². The molecule has 3 aromatic rings. The van der Waals surface area contributed by atoms with E-state index in [1.807, 2.05) is 0 Å². The van der Waals surface area contributed by atoms with E-state index in [-0.39, 0.29) is 36.1 Å². The number of amides is 1. The Morgan fingerprint density at radius 1 is 1.04 bits per heavy atom. The summed E-state index contributed by atoms with van der Waals surface area (Å²) in [6.45, 7) is 0. The quantitative estimate of drug-likeness (QED) is 0.665. The number of carbonyl (C=O) groups excluding carboxylic acids is 1. The molecule has 1 amide bonds. The second kappa shape index (κ2) is 7.56. The molecule has 1 aromatic heterocycles. The third kappa shape index (κ3) is 4.90. The third-order valence-electron chi connectivity index (χ3n) is 3.63. The van der Waals surface area contributed by atoms with Gasteiger partial charge in [-0.15, -0.1) is 0 Å². The van der Waals surface area contributed by atoms with Crippen molar-refractivity contribution in [3.8, 4) is 11.4 Å². The number of benzene rings is 2. The molecule has 27 heavy (non-hydrogen) atoms. The van der Waals surface area contributed by atoms with Crippen LogP contribution in [0.1, 0.15) is 17.9 Å². The van der Waals surface area contributed by atoms with Crippen molar-refractivity contribution >= 4 is 11.6 Å². The Kier molecular flexibility index (Phi) is 5.20. The second-order valence-electron chi connectivity index (χ2n) is 5.64. The minimum atomic E-state index is -4.43. The molecule has 1 heterocycles. The lowest BCUT2D eigenvalue weighted by atomic mass is 10.2. The summed E-state index contributed by atoms with van der Waals surface area (Å²) in [7, 11) is 0. The van der Waals surface area contributed by atoms with Gasteiger partial charge in [-0.05, 0) is 48.5 Å². The van der Waals surface area contributed by atoms with Crippen molar-refractivity contribution in [2.24, 2.45) is 0 Å². The Morgan fingerprint density at radius 2 is 1.70 bits per heavy atom. The van der Waals surface area contributed by atoms with Crippen molar-refractivity contribution in [1.29, 1.82) is 0 Å². The Balaban J connectivity index is 1.54. The monoisotopic (exact) mass is 379 g/mol. The number of aromatic nitrogens is 2. The molecule has 0 saturated heterocycles. The molecule has 0 unspecified atom stereocenters. The number of halogens is 4. The van der Waals surface area contributed by atoms with Gasteiger partial charge in [0.2, 0.25) is 17.6 Å². The Bertz CT molecular complexity index is 919. The number of nitrogens with zero attached hydrogens (tertiary/aromatic N) is 2. The van der Waals surface area contributed by atoms with Crippen LogP contribution in [0.3, 0.4) is 0 Å². The number of anilines is 1. The van der Waals surface area contributed by atoms with Gasteiger partial charge in [0.25, 0.3) is 0 Å². The highest BCUT2D eigenvalue weighted by Crippen LogP contribution is 2.29. The van der Waals surface area contributed by atoms with Crippen LogP contribution in [-0.4, -0.2) is 16.0 Å². The first kappa shape index (κ1) is 18.6. The number of nitrogens with one attached hydrogen (secondary N) is 1. The van der Waals surface area contributed by atoms with E-state index in [4.69, 9.17) is 4.52 Å². The normalized spacial score (nSPS) is 11.4. The number of hydrogen-bond acceptors (Lipinski definition) is 4. The van der Waals surface area contributed by atoms with Gasteiger partial charge in [-0.2, -0.15) is 18.2 Å². The molecule has 0 bridgehead atoms. The average Bonchev–Trinajstić information content (AvgIpc) is 3.09. The van der Waals surface area contributed by atoms with Crippen LogP contribution >= 0.6 is 0 Å². The fraction of sp³-hybridized carbons (Fsp3) is 0.167. The summed E-state index contributed by atoms with van der Waals surface area (Å²) in [6.07, 6.45) is -4.27. The molecule has 1 N–H and O–H groups in total. The van der Waals surface area contributed by atoms with Gasteiger partial charge in [-0.1, -0.05) is 5.16 Å². The largest absolute Gasteiger partial charge is 0.416 e. The van der Waals surface area contributed by atoms with Crippen LogP contribution in [0.4, 0.5) is 23.2 Å². The van der Waals surface area contributed by atoms with Crippen molar-refractivity contribution in [1.82, 2.24) is 10.1 Å². The van der Waals surface area contributed by atoms with Crippen molar-refractivity contribution in [2.75, 3.05) is 5.32 Å². The summed E-state index contributed by atoms with van der Waals surface area (Å²) in [5.41, 5.74) is 0.0332. The Morgan fingerprint density at radius 3 is 2.33 bits per heavy atom. The van der Waals surface area contributed by atoms with E-state index < -0.39 is 17.6 Å². The van der Waals surface area contributed by atoms with E-state index in [9.17, 15) is 22.4 Å². The number of carbonyl (C=O) groups is 1. The van der Waals surface area contributed by atoms with Crippen molar-refractivity contribution in [2.45, 2.75) is 19.0 Å². The van der Waals surface area contributed by atoms with E-state index in [0.717, 1.165) is 12.1 Å². The minimum Gasteiger partial charge on any atom is -0.339 e. The smallest absolute Gasteiger partial charge is 0.339 e. The van der Waals surface area contributed by atoms with Crippen LogP contribution < -0.4 is 5.32 Å². The topological polar surface area (TPSA) is 68.0 Å². The number of alkyl halides is 3. The highest BCUT2D eigenvalue weighted by Gasteiger charge is 2.29. The summed E-state index contributed by atoms with van der Waals surface area (Å²) < 4.78 is 55.5. The fourth-order valence-corrected chi connectivity index (χ4v) is 2.26. The van der Waals surface area contributed by atoms with E-state index in [1.165, 1.54) is 36.4 Å². The molecule has 0 saturated carbocycles. The predicted octanol–water partition coefficient (Wildman–Crippen LogP) is 4.47. The van der Waals surface area contributed by atoms with E-state index in [1.54, 1.807) is 0 Å². The second-order valence-corrected chi connectivity index (χ2v) is 5.64. The summed E-state index contributed by atoms with van der Waals surface area (Å²) in [6, 6.07) is 9.68. The van der Waals surface area contributed by atoms with Gasteiger partial charge in [0.05, 0.1) is 5.56 Å². The summed E-state index contributed by atoms with van der Waals surface area (Å²) >= 11 is 0. The molecule has 0 aliphatic heterocycles. The van der Waals surface area contributed by atoms with Crippen LogP contribution in [-0.2, 0) is 17.4 Å². The van der Waals surface area contributed by atoms with Gasteiger partial charge in [-0.3, -0.25) is 4.79 Å². The average molecular weight is 379 g/mol. The zero-order chi connectivity index (χ0) is 19.4. The zero-order valence-electron chi connectivity index (χ0n) is 13.8. The lowest BCUT2D eigenvalue weighted by Crippen LogP contribution is -2.13. The maximum Gasteiger partial charge on any atom is 0.416 e. The SMILES string of the molecule is O=C(CCc1nc(-c2ccc(F)cc2)no1)Nc1ccc(C(F)(F)F)cc1. The molecule has 140 valence electrons. The fourth-order valence-electron chi connectivity index (χ4n) is 2.26. The van der Waals surface area contributed by atoms with Crippen molar-refractivity contribution in [3.05, 3.63) is 65.8 Å². The zero-order valence-corrected chi connectivity index (χ0v) is 13.8. The van der Waals surface area contributed by atoms with Crippen LogP contribution in [0.25, 0.3) is 11.4 Å². The highest BCUT2D eigenvalue weighted by atomic mass is 19.4. The summed E-state index contributed by atoms with van der Waals surface area (Å²) in [5.74, 6) is -0.302. The van der Waals surface area contributed by atoms with Gasteiger partial charge in [0, 0.05) is 24.1 Å². The van der Waals surface area contributed by atoms with E-state index in [0.29, 0.717) is 5.56 Å². The third-order valence-corrected chi connectivity index (χ3v) is 3.63. The molecule has 5 nitrogen and oxygen atoms in total. The van der Waals surface area contributed by atoms with Crippen LogP contribution in [0.15, 0.2) is 53.1 Å². The van der Waals surface area contributed by atoms with Gasteiger partial charge < -0.3 is 9.84 Å². The van der Waals surface area contributed by atoms with Crippen molar-refractivity contribution in [3.63, 3.8) is 0 Å². The standard InChI is InChI=1S/C18H13F4N3O2/c19-13-5-1-11(2-6-13)17-24-16(27-25-17)10-9-15(26)23-14-7-3-12(4-8-14)18(20,21)22/h1-8H,9-10H2,(H,23,26). The molecule has 9 heteroatoms. The molecule has 0 aliphatic carbocycles. The van der Waals surface area contributed by atoms with Crippen molar-refractivity contribution < 1.29 is 26.9 Å².